The van der Waals surface area contributed by atoms with Gasteiger partial charge in [-0.15, -0.1) is 0 Å². The van der Waals surface area contributed by atoms with Gasteiger partial charge in [-0.1, -0.05) is 30.3 Å². The van der Waals surface area contributed by atoms with Gasteiger partial charge in [-0.3, -0.25) is 14.7 Å². The number of hydrogen-bond donors (Lipinski definition) is 1. The van der Waals surface area contributed by atoms with Gasteiger partial charge in [-0.2, -0.15) is 0 Å². The number of nitrogens with zero attached hydrogens (tertiary/aromatic N) is 3. The van der Waals surface area contributed by atoms with Crippen LogP contribution in [0.3, 0.4) is 0 Å². The molecule has 1 aromatic heterocycles. The van der Waals surface area contributed by atoms with Crippen molar-refractivity contribution < 1.29 is 9.53 Å². The average Bonchev–Trinajstić information content (AvgIpc) is 3.56. The zero-order chi connectivity index (χ0) is 19.1. The van der Waals surface area contributed by atoms with Gasteiger partial charge < -0.3 is 10.5 Å². The summed E-state index contributed by atoms with van der Waals surface area (Å²) in [6.45, 7) is 1.33. The second-order valence-electron chi connectivity index (χ2n) is 7.85. The lowest BCUT2D eigenvalue weighted by Gasteiger charge is -2.33. The first-order valence-electron chi connectivity index (χ1n) is 9.98. The maximum absolute atomic E-state index is 13.7. The van der Waals surface area contributed by atoms with Crippen LogP contribution in [0.1, 0.15) is 31.2 Å². The molecule has 6 heteroatoms. The predicted octanol–water partition coefficient (Wildman–Crippen LogP) is 2.69. The van der Waals surface area contributed by atoms with Crippen LogP contribution >= 0.6 is 0 Å². The van der Waals surface area contributed by atoms with Gasteiger partial charge in [0, 0.05) is 31.6 Å². The summed E-state index contributed by atoms with van der Waals surface area (Å²) in [5.74, 6) is 0.626. The lowest BCUT2D eigenvalue weighted by molar-refractivity contribution is -0.135. The van der Waals surface area contributed by atoms with Crippen molar-refractivity contribution in [1.29, 1.82) is 0 Å². The highest BCUT2D eigenvalue weighted by atomic mass is 16.5. The Hall–Kier alpha value is -2.73. The van der Waals surface area contributed by atoms with Gasteiger partial charge >= 0.3 is 0 Å². The van der Waals surface area contributed by atoms with Crippen LogP contribution in [0.5, 0.6) is 0 Å². The van der Waals surface area contributed by atoms with E-state index >= 15 is 0 Å². The first-order valence-corrected chi connectivity index (χ1v) is 9.98. The van der Waals surface area contributed by atoms with Crippen molar-refractivity contribution in [1.82, 2.24) is 9.88 Å². The summed E-state index contributed by atoms with van der Waals surface area (Å²) in [5, 5.41) is 0. The molecule has 0 spiro atoms. The topological polar surface area (TPSA) is 80.8 Å². The number of hydrogen-bond acceptors (Lipinski definition) is 5. The van der Waals surface area contributed by atoms with Gasteiger partial charge in [0.1, 0.15) is 0 Å². The minimum Gasteiger partial charge on any atom is -0.381 e. The fourth-order valence-corrected chi connectivity index (χ4v) is 4.51. The number of nitrogens with two attached hydrogens (primary N) is 1. The summed E-state index contributed by atoms with van der Waals surface area (Å²) in [5.41, 5.74) is 8.51. The molecule has 1 saturated heterocycles. The van der Waals surface area contributed by atoms with Crippen molar-refractivity contribution in [3.8, 4) is 11.1 Å². The summed E-state index contributed by atoms with van der Waals surface area (Å²) < 4.78 is 5.46. The molecule has 1 atom stereocenters. The number of aromatic nitrogens is 1. The number of carbonyl (C=O) groups is 1. The highest BCUT2D eigenvalue weighted by Gasteiger charge is 2.59. The number of benzene rings is 1. The molecule has 0 radical (unpaired) electrons. The lowest BCUT2D eigenvalue weighted by Crippen LogP contribution is -2.51. The van der Waals surface area contributed by atoms with E-state index in [1.54, 1.807) is 11.1 Å². The Balaban J connectivity index is 1.50. The molecule has 28 heavy (non-hydrogen) atoms. The van der Waals surface area contributed by atoms with Crippen LogP contribution in [0, 0.1) is 5.92 Å². The Labute approximate surface area is 164 Å². The SMILES string of the molecule is NC1=NC(c2ccc(-c3cccnc3)cc2)(C2CC2)C(=O)N1C1CCOCC1. The predicted molar refractivity (Wildman–Crippen MR) is 106 cm³/mol. The highest BCUT2D eigenvalue weighted by molar-refractivity contribution is 6.08. The first kappa shape index (κ1) is 17.4. The maximum atomic E-state index is 13.7. The summed E-state index contributed by atoms with van der Waals surface area (Å²) in [7, 11) is 0. The molecule has 0 bridgehead atoms. The van der Waals surface area contributed by atoms with Crippen LogP contribution in [-0.2, 0) is 15.1 Å². The van der Waals surface area contributed by atoms with Crippen molar-refractivity contribution in [2.45, 2.75) is 37.3 Å². The molecule has 144 valence electrons. The van der Waals surface area contributed by atoms with Crippen LogP contribution in [0.4, 0.5) is 0 Å². The van der Waals surface area contributed by atoms with Crippen LogP contribution in [0.2, 0.25) is 0 Å². The number of carbonyl (C=O) groups excluding carboxylic acids is 1. The Morgan fingerprint density at radius 1 is 1.04 bits per heavy atom. The van der Waals surface area contributed by atoms with Crippen LogP contribution < -0.4 is 5.73 Å². The normalized spacial score (nSPS) is 25.8. The van der Waals surface area contributed by atoms with E-state index in [1.165, 1.54) is 0 Å². The smallest absolute Gasteiger partial charge is 0.262 e. The summed E-state index contributed by atoms with van der Waals surface area (Å²) in [4.78, 5) is 24.4. The minimum absolute atomic E-state index is 0.0357. The molecule has 1 unspecified atom stereocenters. The van der Waals surface area contributed by atoms with E-state index in [4.69, 9.17) is 15.5 Å². The number of rotatable bonds is 4. The zero-order valence-electron chi connectivity index (χ0n) is 15.8. The molecule has 1 aliphatic carbocycles. The molecule has 2 N–H and O–H groups in total. The molecular formula is C22H24N4O2. The van der Waals surface area contributed by atoms with Gasteiger partial charge in [0.2, 0.25) is 0 Å². The Morgan fingerprint density at radius 3 is 2.43 bits per heavy atom. The monoisotopic (exact) mass is 376 g/mol. The van der Waals surface area contributed by atoms with Crippen molar-refractivity contribution in [2.24, 2.45) is 16.6 Å². The fourth-order valence-electron chi connectivity index (χ4n) is 4.51. The van der Waals surface area contributed by atoms with Crippen molar-refractivity contribution >= 4 is 11.9 Å². The third kappa shape index (κ3) is 2.71. The largest absolute Gasteiger partial charge is 0.381 e. The van der Waals surface area contributed by atoms with Crippen molar-refractivity contribution in [2.75, 3.05) is 13.2 Å². The van der Waals surface area contributed by atoms with E-state index in [0.717, 1.165) is 42.4 Å². The van der Waals surface area contributed by atoms with E-state index in [-0.39, 0.29) is 17.9 Å². The van der Waals surface area contributed by atoms with E-state index in [2.05, 4.69) is 4.98 Å². The molecule has 1 aromatic carbocycles. The Bertz CT molecular complexity index is 902. The standard InChI is InChI=1S/C22H24N4O2/c23-21-25-22(18-7-8-18,20(27)26(21)19-9-12-28-13-10-19)17-5-3-15(4-6-17)16-2-1-11-24-14-16/h1-6,11,14,18-19H,7-10,12-13H2,(H2,23,25). The molecule has 2 aliphatic heterocycles. The van der Waals surface area contributed by atoms with E-state index in [9.17, 15) is 4.79 Å². The van der Waals surface area contributed by atoms with E-state index in [1.807, 2.05) is 42.6 Å². The highest BCUT2D eigenvalue weighted by Crippen LogP contribution is 2.52. The molecule has 1 amide bonds. The number of amides is 1. The third-order valence-corrected chi connectivity index (χ3v) is 6.13. The second-order valence-corrected chi connectivity index (χ2v) is 7.85. The van der Waals surface area contributed by atoms with Gasteiger partial charge in [0.05, 0.1) is 0 Å². The summed E-state index contributed by atoms with van der Waals surface area (Å²) in [6, 6.07) is 12.2. The number of aliphatic imine (C=N–C) groups is 1. The van der Waals surface area contributed by atoms with Crippen LogP contribution in [0.15, 0.2) is 53.8 Å². The minimum atomic E-state index is -0.865. The first-order chi connectivity index (χ1) is 13.7. The number of guanidine groups is 1. The molecule has 3 heterocycles. The Kier molecular flexibility index (Phi) is 4.16. The van der Waals surface area contributed by atoms with Crippen LogP contribution in [0.25, 0.3) is 11.1 Å². The number of pyridine rings is 1. The Morgan fingerprint density at radius 2 is 1.79 bits per heavy atom. The van der Waals surface area contributed by atoms with Crippen LogP contribution in [-0.4, -0.2) is 41.0 Å². The van der Waals surface area contributed by atoms with E-state index in [0.29, 0.717) is 19.2 Å². The van der Waals surface area contributed by atoms with Crippen molar-refractivity contribution in [3.63, 3.8) is 0 Å². The van der Waals surface area contributed by atoms with Gasteiger partial charge in [0.15, 0.2) is 11.5 Å². The molecule has 2 fully saturated rings. The zero-order valence-corrected chi connectivity index (χ0v) is 15.8. The third-order valence-electron chi connectivity index (χ3n) is 6.13. The maximum Gasteiger partial charge on any atom is 0.262 e. The molecule has 5 rings (SSSR count). The molecule has 3 aliphatic rings. The molecule has 1 saturated carbocycles. The number of ether oxygens (including phenoxy) is 1. The summed E-state index contributed by atoms with van der Waals surface area (Å²) >= 11 is 0. The van der Waals surface area contributed by atoms with Crippen molar-refractivity contribution in [3.05, 3.63) is 54.4 Å². The lowest BCUT2D eigenvalue weighted by atomic mass is 9.84. The van der Waals surface area contributed by atoms with E-state index < -0.39 is 5.54 Å². The summed E-state index contributed by atoms with van der Waals surface area (Å²) in [6.07, 6.45) is 7.24. The second kappa shape index (κ2) is 6.71. The average molecular weight is 376 g/mol. The quantitative estimate of drug-likeness (QED) is 0.890. The van der Waals surface area contributed by atoms with Gasteiger partial charge in [-0.25, -0.2) is 4.99 Å². The molecule has 2 aromatic rings. The van der Waals surface area contributed by atoms with Gasteiger partial charge in [0.25, 0.3) is 5.91 Å². The molecule has 6 nitrogen and oxygen atoms in total. The van der Waals surface area contributed by atoms with Gasteiger partial charge in [-0.05, 0) is 54.4 Å². The molecular weight excluding hydrogens is 352 g/mol. The fraction of sp³-hybridized carbons (Fsp3) is 0.409.